The Balaban J connectivity index is 1.90. The Morgan fingerprint density at radius 3 is 2.64 bits per heavy atom. The largest absolute Gasteiger partial charge is 0.360 e. The van der Waals surface area contributed by atoms with E-state index < -0.39 is 0 Å². The highest BCUT2D eigenvalue weighted by Gasteiger charge is 2.14. The van der Waals surface area contributed by atoms with E-state index in [1.165, 1.54) is 22.7 Å². The fraction of sp³-hybridized carbons (Fsp3) is 0.0952. The Morgan fingerprint density at radius 1 is 1.18 bits per heavy atom. The molecular formula is C21H16N4OS2. The maximum absolute atomic E-state index is 12.8. The molecule has 0 aliphatic carbocycles. The summed E-state index contributed by atoms with van der Waals surface area (Å²) in [6, 6.07) is 19.7. The lowest BCUT2D eigenvalue weighted by molar-refractivity contribution is 0.721. The van der Waals surface area contributed by atoms with Crippen molar-refractivity contribution in [3.63, 3.8) is 0 Å². The van der Waals surface area contributed by atoms with Crippen molar-refractivity contribution in [3.8, 4) is 6.07 Å². The number of anilines is 1. The minimum absolute atomic E-state index is 0.111. The van der Waals surface area contributed by atoms with Gasteiger partial charge < -0.3 is 5.32 Å². The molecule has 2 aromatic carbocycles. The van der Waals surface area contributed by atoms with Crippen LogP contribution in [0.1, 0.15) is 11.9 Å². The van der Waals surface area contributed by atoms with Gasteiger partial charge in [-0.25, -0.2) is 4.98 Å². The molecule has 4 aromatic rings. The Hall–Kier alpha value is -3.21. The molecule has 0 aliphatic heterocycles. The quantitative estimate of drug-likeness (QED) is 0.567. The summed E-state index contributed by atoms with van der Waals surface area (Å²) in [4.78, 5) is 17.4. The molecule has 7 heteroatoms. The molecule has 0 fully saturated rings. The molecule has 0 unspecified atom stereocenters. The number of fused-ring (bicyclic) bond motifs is 1. The minimum atomic E-state index is -0.111. The highest BCUT2D eigenvalue weighted by molar-refractivity contribution is 7.19. The van der Waals surface area contributed by atoms with Gasteiger partial charge in [-0.15, -0.1) is 22.7 Å². The molecule has 0 saturated carbocycles. The standard InChI is InChI=1S/C21H16N4OS2/c1-2-25-20(26)18(13-23-14-8-4-3-5-9-14)28-21(25)15(12-22)19-24-16-10-6-7-11-17(16)27-19/h3-11,13,23H,2H2,1H3. The number of para-hydroxylation sites is 2. The number of hydrogen-bond donors (Lipinski definition) is 1. The maximum Gasteiger partial charge on any atom is 0.270 e. The molecular weight excluding hydrogens is 388 g/mol. The second-order valence-electron chi connectivity index (χ2n) is 5.95. The SMILES string of the molecule is CCn1c(=C(C#N)c2nc3ccccc3s2)sc(=CNc2ccccc2)c1=O. The van der Waals surface area contributed by atoms with Crippen molar-refractivity contribution < 1.29 is 0 Å². The third kappa shape index (κ3) is 3.36. The summed E-state index contributed by atoms with van der Waals surface area (Å²) in [6.07, 6.45) is 1.70. The fourth-order valence-electron chi connectivity index (χ4n) is 2.84. The van der Waals surface area contributed by atoms with Crippen LogP contribution in [0.4, 0.5) is 5.69 Å². The lowest BCUT2D eigenvalue weighted by Crippen LogP contribution is -2.31. The van der Waals surface area contributed by atoms with Gasteiger partial charge in [-0.2, -0.15) is 5.26 Å². The number of nitrogens with zero attached hydrogens (tertiary/aromatic N) is 3. The maximum atomic E-state index is 12.8. The lowest BCUT2D eigenvalue weighted by atomic mass is 10.3. The Bertz CT molecular complexity index is 1320. The van der Waals surface area contributed by atoms with Gasteiger partial charge >= 0.3 is 0 Å². The topological polar surface area (TPSA) is 70.7 Å². The average Bonchev–Trinajstić information content (AvgIpc) is 3.29. The van der Waals surface area contributed by atoms with Crippen LogP contribution in [0.5, 0.6) is 0 Å². The predicted octanol–water partition coefficient (Wildman–Crippen LogP) is 3.11. The molecule has 0 spiro atoms. The van der Waals surface area contributed by atoms with E-state index in [9.17, 15) is 10.1 Å². The van der Waals surface area contributed by atoms with E-state index in [0.717, 1.165) is 15.9 Å². The molecule has 0 saturated heterocycles. The van der Waals surface area contributed by atoms with Gasteiger partial charge in [0.1, 0.15) is 25.8 Å². The summed E-state index contributed by atoms with van der Waals surface area (Å²) in [5, 5.41) is 13.6. The smallest absolute Gasteiger partial charge is 0.270 e. The van der Waals surface area contributed by atoms with Crippen LogP contribution in [0.15, 0.2) is 59.4 Å². The van der Waals surface area contributed by atoms with Crippen LogP contribution >= 0.6 is 22.7 Å². The monoisotopic (exact) mass is 404 g/mol. The zero-order valence-corrected chi connectivity index (χ0v) is 16.7. The van der Waals surface area contributed by atoms with E-state index in [1.807, 2.05) is 61.5 Å². The van der Waals surface area contributed by atoms with Crippen molar-refractivity contribution in [3.05, 3.63) is 79.2 Å². The Kier molecular flexibility index (Phi) is 5.06. The van der Waals surface area contributed by atoms with Crippen LogP contribution in [0.25, 0.3) is 22.0 Å². The number of rotatable bonds is 4. The summed E-state index contributed by atoms with van der Waals surface area (Å²) in [5.41, 5.74) is 2.08. The molecule has 0 aliphatic rings. The van der Waals surface area contributed by atoms with Crippen LogP contribution in [0, 0.1) is 11.3 Å². The molecule has 0 radical (unpaired) electrons. The van der Waals surface area contributed by atoms with Crippen LogP contribution < -0.4 is 20.1 Å². The second kappa shape index (κ2) is 7.80. The zero-order chi connectivity index (χ0) is 19.5. The first kappa shape index (κ1) is 18.2. The second-order valence-corrected chi connectivity index (χ2v) is 8.01. The first-order valence-electron chi connectivity index (χ1n) is 8.73. The van der Waals surface area contributed by atoms with E-state index in [4.69, 9.17) is 0 Å². The van der Waals surface area contributed by atoms with Crippen molar-refractivity contribution in [2.75, 3.05) is 5.32 Å². The molecule has 2 heterocycles. The summed E-state index contributed by atoms with van der Waals surface area (Å²) in [6.45, 7) is 2.39. The third-order valence-corrected chi connectivity index (χ3v) is 6.39. The van der Waals surface area contributed by atoms with Gasteiger partial charge in [0, 0.05) is 18.4 Å². The fourth-order valence-corrected chi connectivity index (χ4v) is 4.96. The lowest BCUT2D eigenvalue weighted by Gasteiger charge is -1.97. The average molecular weight is 405 g/mol. The van der Waals surface area contributed by atoms with Gasteiger partial charge in [0.05, 0.1) is 10.2 Å². The molecule has 0 amide bonds. The van der Waals surface area contributed by atoms with Crippen molar-refractivity contribution >= 4 is 50.4 Å². The summed E-state index contributed by atoms with van der Waals surface area (Å²) in [5.74, 6) is 0. The predicted molar refractivity (Wildman–Crippen MR) is 116 cm³/mol. The van der Waals surface area contributed by atoms with Gasteiger partial charge in [-0.1, -0.05) is 30.3 Å². The number of thiazole rings is 2. The van der Waals surface area contributed by atoms with Crippen molar-refractivity contribution in [2.45, 2.75) is 13.5 Å². The Labute approximate surface area is 169 Å². The van der Waals surface area contributed by atoms with Crippen LogP contribution in [0.3, 0.4) is 0 Å². The molecule has 2 aromatic heterocycles. The zero-order valence-electron chi connectivity index (χ0n) is 15.0. The molecule has 0 bridgehead atoms. The first-order valence-corrected chi connectivity index (χ1v) is 10.4. The van der Waals surface area contributed by atoms with E-state index in [-0.39, 0.29) is 5.56 Å². The van der Waals surface area contributed by atoms with Gasteiger partial charge in [0.15, 0.2) is 0 Å². The number of benzene rings is 2. The van der Waals surface area contributed by atoms with Gasteiger partial charge in [-0.05, 0) is 31.2 Å². The number of aromatic nitrogens is 2. The number of hydrogen-bond acceptors (Lipinski definition) is 6. The highest BCUT2D eigenvalue weighted by atomic mass is 32.1. The normalized spacial score (nSPS) is 12.8. The van der Waals surface area contributed by atoms with Crippen LogP contribution in [-0.4, -0.2) is 9.55 Å². The minimum Gasteiger partial charge on any atom is -0.360 e. The third-order valence-electron chi connectivity index (χ3n) is 4.20. The summed E-state index contributed by atoms with van der Waals surface area (Å²) < 4.78 is 3.84. The summed E-state index contributed by atoms with van der Waals surface area (Å²) in [7, 11) is 0. The Morgan fingerprint density at radius 2 is 1.93 bits per heavy atom. The molecule has 4 rings (SSSR count). The first-order chi connectivity index (χ1) is 13.7. The highest BCUT2D eigenvalue weighted by Crippen LogP contribution is 2.25. The van der Waals surface area contributed by atoms with Crippen molar-refractivity contribution in [1.29, 1.82) is 5.26 Å². The summed E-state index contributed by atoms with van der Waals surface area (Å²) >= 11 is 2.77. The van der Waals surface area contributed by atoms with E-state index >= 15 is 0 Å². The van der Waals surface area contributed by atoms with Crippen LogP contribution in [0.2, 0.25) is 0 Å². The van der Waals surface area contributed by atoms with E-state index in [2.05, 4.69) is 16.4 Å². The molecule has 138 valence electrons. The van der Waals surface area contributed by atoms with Gasteiger partial charge in [0.2, 0.25) is 0 Å². The van der Waals surface area contributed by atoms with Crippen LogP contribution in [-0.2, 0) is 6.54 Å². The van der Waals surface area contributed by atoms with Crippen molar-refractivity contribution in [1.82, 2.24) is 9.55 Å². The van der Waals surface area contributed by atoms with Gasteiger partial charge in [0.25, 0.3) is 5.56 Å². The van der Waals surface area contributed by atoms with Gasteiger partial charge in [-0.3, -0.25) is 9.36 Å². The molecule has 5 nitrogen and oxygen atoms in total. The number of nitriles is 1. The van der Waals surface area contributed by atoms with E-state index in [0.29, 0.717) is 26.3 Å². The molecule has 1 N–H and O–H groups in total. The van der Waals surface area contributed by atoms with Crippen molar-refractivity contribution in [2.24, 2.45) is 0 Å². The molecule has 28 heavy (non-hydrogen) atoms. The number of nitrogens with one attached hydrogen (secondary N) is 1. The molecule has 0 atom stereocenters. The van der Waals surface area contributed by atoms with E-state index in [1.54, 1.807) is 10.8 Å².